The number of rotatable bonds is 15. The maximum atomic E-state index is 13.4. The van der Waals surface area contributed by atoms with Gasteiger partial charge in [-0.15, -0.1) is 0 Å². The lowest BCUT2D eigenvalue weighted by Crippen LogP contribution is -2.66. The zero-order valence-corrected chi connectivity index (χ0v) is 27.9. The third-order valence-corrected chi connectivity index (χ3v) is 9.58. The van der Waals surface area contributed by atoms with E-state index in [0.717, 1.165) is 10.8 Å². The third-order valence-electron chi connectivity index (χ3n) is 7.29. The number of hydrogen-bond donors (Lipinski definition) is 6. The van der Waals surface area contributed by atoms with Gasteiger partial charge in [0.25, 0.3) is 5.91 Å². The van der Waals surface area contributed by atoms with Crippen LogP contribution in [0.4, 0.5) is 5.69 Å². The number of nitrogens with one attached hydrogen (secondary N) is 2. The Morgan fingerprint density at radius 3 is 2.39 bits per heavy atom. The van der Waals surface area contributed by atoms with E-state index in [1.807, 2.05) is 0 Å². The fourth-order valence-corrected chi connectivity index (χ4v) is 7.27. The lowest BCUT2D eigenvalue weighted by atomic mass is 9.80. The Morgan fingerprint density at radius 2 is 1.78 bits per heavy atom. The number of carbonyl (C=O) groups excluding carboxylic acids is 2. The molecule has 3 heterocycles. The monoisotopic (exact) mass is 692 g/mol. The van der Waals surface area contributed by atoms with E-state index in [2.05, 4.69) is 15.6 Å². The zero-order chi connectivity index (χ0) is 34.1. The van der Waals surface area contributed by atoms with E-state index in [1.165, 1.54) is 36.0 Å². The largest absolute Gasteiger partial charge is 0.394 e. The Kier molecular flexibility index (Phi) is 14.9. The molecule has 2 aliphatic heterocycles. The summed E-state index contributed by atoms with van der Waals surface area (Å²) in [6.07, 6.45) is -9.87. The highest BCUT2D eigenvalue weighted by Gasteiger charge is 2.52. The van der Waals surface area contributed by atoms with E-state index in [9.17, 15) is 40.1 Å². The van der Waals surface area contributed by atoms with Gasteiger partial charge in [0.15, 0.2) is 17.4 Å². The van der Waals surface area contributed by atoms with Gasteiger partial charge in [-0.1, -0.05) is 10.8 Å². The SMILES string of the molecule is CC(=O)NC1C(OC(C)C)OC(CO)C(O)C1CC1OC(C(=O)NCCSSc2ncccc2[N+](=O)[O-])C(OC(C)C)C(O)C1O. The van der Waals surface area contributed by atoms with Crippen molar-refractivity contribution in [3.8, 4) is 0 Å². The Hall–Kier alpha value is -2.13. The average Bonchev–Trinajstić information content (AvgIpc) is 2.98. The molecule has 6 N–H and O–H groups in total. The summed E-state index contributed by atoms with van der Waals surface area (Å²) in [5.41, 5.74) is -0.130. The number of ether oxygens (including phenoxy) is 4. The minimum atomic E-state index is -1.56. The molecule has 2 fully saturated rings. The number of hydrogen-bond acceptors (Lipinski definition) is 15. The predicted molar refractivity (Wildman–Crippen MR) is 167 cm³/mol. The van der Waals surface area contributed by atoms with Crippen molar-refractivity contribution >= 4 is 39.1 Å². The van der Waals surface area contributed by atoms with Crippen molar-refractivity contribution in [2.45, 2.75) is 113 Å². The smallest absolute Gasteiger partial charge is 0.302 e. The van der Waals surface area contributed by atoms with Crippen LogP contribution >= 0.6 is 21.6 Å². The summed E-state index contributed by atoms with van der Waals surface area (Å²) in [6.45, 7) is 7.76. The normalized spacial score (nSPS) is 31.5. The lowest BCUT2D eigenvalue weighted by molar-refractivity contribution is -0.388. The first-order valence-electron chi connectivity index (χ1n) is 15.0. The molecule has 2 saturated heterocycles. The third kappa shape index (κ3) is 10.2. The molecule has 0 spiro atoms. The van der Waals surface area contributed by atoms with E-state index in [0.29, 0.717) is 5.75 Å². The molecule has 0 bridgehead atoms. The van der Waals surface area contributed by atoms with Crippen LogP contribution in [0.25, 0.3) is 0 Å². The number of aliphatic hydroxyl groups excluding tert-OH is 4. The van der Waals surface area contributed by atoms with E-state index in [1.54, 1.807) is 27.7 Å². The molecule has 260 valence electrons. The van der Waals surface area contributed by atoms with Gasteiger partial charge in [-0.05, 0) is 51.0 Å². The van der Waals surface area contributed by atoms with Crippen molar-refractivity contribution in [1.29, 1.82) is 0 Å². The van der Waals surface area contributed by atoms with Gasteiger partial charge in [-0.2, -0.15) is 0 Å². The highest BCUT2D eigenvalue weighted by Crippen LogP contribution is 2.37. The first kappa shape index (κ1) is 38.3. The maximum Gasteiger partial charge on any atom is 0.302 e. The van der Waals surface area contributed by atoms with Crippen LogP contribution in [0, 0.1) is 16.0 Å². The second kappa shape index (κ2) is 17.9. The van der Waals surface area contributed by atoms with Gasteiger partial charge in [0.2, 0.25) is 5.91 Å². The highest BCUT2D eigenvalue weighted by atomic mass is 33.1. The number of aromatic nitrogens is 1. The summed E-state index contributed by atoms with van der Waals surface area (Å²) in [4.78, 5) is 40.3. The van der Waals surface area contributed by atoms with Gasteiger partial charge in [0, 0.05) is 37.4 Å². The molecule has 0 saturated carbocycles. The number of amides is 2. The van der Waals surface area contributed by atoms with Gasteiger partial charge < -0.3 is 50.0 Å². The van der Waals surface area contributed by atoms with E-state index < -0.39 is 90.4 Å². The topological polar surface area (TPSA) is 232 Å². The molecule has 1 aromatic heterocycles. The van der Waals surface area contributed by atoms with E-state index in [4.69, 9.17) is 18.9 Å². The van der Waals surface area contributed by atoms with Gasteiger partial charge in [-0.3, -0.25) is 19.7 Å². The summed E-state index contributed by atoms with van der Waals surface area (Å²) in [7, 11) is 2.34. The van der Waals surface area contributed by atoms with Crippen LogP contribution in [0.3, 0.4) is 0 Å². The second-order valence-electron chi connectivity index (χ2n) is 11.5. The Morgan fingerprint density at radius 1 is 1.09 bits per heavy atom. The molecule has 0 radical (unpaired) electrons. The minimum absolute atomic E-state index is 0.129. The molecule has 3 rings (SSSR count). The summed E-state index contributed by atoms with van der Waals surface area (Å²) < 4.78 is 23.5. The molecular formula is C28H44N4O12S2. The van der Waals surface area contributed by atoms with Gasteiger partial charge in [0.1, 0.15) is 24.4 Å². The van der Waals surface area contributed by atoms with Crippen LogP contribution in [0.2, 0.25) is 0 Å². The van der Waals surface area contributed by atoms with E-state index >= 15 is 0 Å². The van der Waals surface area contributed by atoms with Crippen LogP contribution in [-0.2, 0) is 28.5 Å². The summed E-state index contributed by atoms with van der Waals surface area (Å²) in [5.74, 6) is -1.61. The van der Waals surface area contributed by atoms with Crippen molar-refractivity contribution < 1.29 is 53.9 Å². The molecule has 2 amide bonds. The fraction of sp³-hybridized carbons (Fsp3) is 0.750. The molecule has 10 unspecified atom stereocenters. The minimum Gasteiger partial charge on any atom is -0.394 e. The molecule has 16 nitrogen and oxygen atoms in total. The average molecular weight is 693 g/mol. The first-order chi connectivity index (χ1) is 21.7. The highest BCUT2D eigenvalue weighted by molar-refractivity contribution is 8.76. The molecule has 46 heavy (non-hydrogen) atoms. The Balaban J connectivity index is 1.75. The maximum absolute atomic E-state index is 13.4. The second-order valence-corrected chi connectivity index (χ2v) is 13.9. The van der Waals surface area contributed by atoms with Crippen molar-refractivity contribution in [2.75, 3.05) is 18.9 Å². The summed E-state index contributed by atoms with van der Waals surface area (Å²) in [5, 5.41) is 60.2. The Bertz CT molecular complexity index is 1170. The molecular weight excluding hydrogens is 648 g/mol. The van der Waals surface area contributed by atoms with Crippen molar-refractivity contribution in [3.05, 3.63) is 28.4 Å². The van der Waals surface area contributed by atoms with Crippen LogP contribution in [-0.4, -0.2) is 128 Å². The van der Waals surface area contributed by atoms with Crippen LogP contribution < -0.4 is 10.6 Å². The molecule has 1 aromatic rings. The van der Waals surface area contributed by atoms with Gasteiger partial charge in [-0.25, -0.2) is 4.98 Å². The van der Waals surface area contributed by atoms with Crippen molar-refractivity contribution in [2.24, 2.45) is 5.92 Å². The fourth-order valence-electron chi connectivity index (χ4n) is 5.34. The number of nitro groups is 1. The standard InChI is InChI=1S/C28H44N4O12S2/c1-13(2)41-24-23(37)22(36)18(11-16-20(31-15(5)34)28(42-14(3)4)44-19(12-33)21(16)35)43-25(24)26(38)29-9-10-45-46-27-17(32(39)40)7-6-8-30-27/h6-8,13-14,16,18-25,28,33,35-37H,9-12H2,1-5H3,(H,29,38)(H,31,34). The first-order valence-corrected chi connectivity index (χ1v) is 17.3. The lowest BCUT2D eigenvalue weighted by Gasteiger charge is -2.48. The zero-order valence-electron chi connectivity index (χ0n) is 26.3. The number of carbonyl (C=O) groups is 2. The Labute approximate surface area is 274 Å². The van der Waals surface area contributed by atoms with Crippen LogP contribution in [0.15, 0.2) is 23.4 Å². The summed E-state index contributed by atoms with van der Waals surface area (Å²) >= 11 is 0. The van der Waals surface area contributed by atoms with Crippen LogP contribution in [0.1, 0.15) is 41.0 Å². The quantitative estimate of drug-likeness (QED) is 0.0621. The van der Waals surface area contributed by atoms with Crippen molar-refractivity contribution in [3.63, 3.8) is 0 Å². The van der Waals surface area contributed by atoms with E-state index in [-0.39, 0.29) is 29.8 Å². The molecule has 0 aliphatic carbocycles. The van der Waals surface area contributed by atoms with Gasteiger partial charge >= 0.3 is 5.69 Å². The summed E-state index contributed by atoms with van der Waals surface area (Å²) in [6, 6.07) is 1.89. The van der Waals surface area contributed by atoms with Gasteiger partial charge in [0.05, 0.1) is 42.0 Å². The molecule has 10 atom stereocenters. The number of pyridine rings is 1. The molecule has 0 aromatic carbocycles. The predicted octanol–water partition coefficient (Wildman–Crippen LogP) is 0.143. The van der Waals surface area contributed by atoms with Crippen LogP contribution in [0.5, 0.6) is 0 Å². The number of nitrogens with zero attached hydrogens (tertiary/aromatic N) is 2. The van der Waals surface area contributed by atoms with Crippen molar-refractivity contribution in [1.82, 2.24) is 15.6 Å². The number of aliphatic hydroxyl groups is 4. The molecule has 18 heteroatoms. The molecule has 2 aliphatic rings.